The number of amides is 1. The van der Waals surface area contributed by atoms with Gasteiger partial charge in [-0.05, 0) is 66.6 Å². The van der Waals surface area contributed by atoms with Crippen LogP contribution in [0.25, 0.3) is 0 Å². The lowest BCUT2D eigenvalue weighted by atomic mass is 9.75. The zero-order valence-electron chi connectivity index (χ0n) is 30.2. The SMILES string of the molecule is C=C1CO[C@@H]2C[C@@H](OC3O[C@H](C)C[C@H](N(C)C)[C@H]3OC(C)=O)[C@](C)(C[C@@H](C)C(=O)[C@H](C)C3NC(=O)OC3(C)[C@@H](CC)OC(=O)[C@@H]2C)OC1. The molecule has 0 radical (unpaired) electrons. The number of Topliss-reactive ketones (excluding diaryl/α,β-unsaturated/α-hetero) is 1. The normalized spacial score (nSPS) is 43.2. The maximum absolute atomic E-state index is 14.2. The molecule has 13 atom stereocenters. The highest BCUT2D eigenvalue weighted by Gasteiger charge is 2.57. The molecule has 4 fully saturated rings. The number of ether oxygens (including phenoxy) is 7. The fraction of sp³-hybridized carbons (Fsp3) is 0.829. The molecule has 4 aliphatic rings. The number of ketones is 1. The molecule has 4 heterocycles. The molecule has 4 rings (SSSR count). The molecule has 13 heteroatoms. The number of fused-ring (bicyclic) bond motifs is 4. The summed E-state index contributed by atoms with van der Waals surface area (Å²) in [4.78, 5) is 55.1. The number of alkyl carbamates (subject to hydrolysis) is 1. The van der Waals surface area contributed by atoms with Gasteiger partial charge in [-0.25, -0.2) is 4.79 Å². The first-order valence-corrected chi connectivity index (χ1v) is 17.2. The molecule has 3 unspecified atom stereocenters. The van der Waals surface area contributed by atoms with E-state index in [-0.39, 0.29) is 44.0 Å². The first kappa shape index (κ1) is 38.2. The fourth-order valence-electron chi connectivity index (χ4n) is 7.79. The number of nitrogens with one attached hydrogen (secondary N) is 1. The van der Waals surface area contributed by atoms with Crippen molar-refractivity contribution in [3.8, 4) is 0 Å². The average Bonchev–Trinajstić information content (AvgIpc) is 3.35. The molecule has 0 aliphatic carbocycles. The van der Waals surface area contributed by atoms with Crippen LogP contribution >= 0.6 is 0 Å². The average molecular weight is 681 g/mol. The fourth-order valence-corrected chi connectivity index (χ4v) is 7.79. The monoisotopic (exact) mass is 680 g/mol. The van der Waals surface area contributed by atoms with Crippen LogP contribution in [0.3, 0.4) is 0 Å². The minimum absolute atomic E-state index is 0.119. The van der Waals surface area contributed by atoms with Crippen molar-refractivity contribution in [3.63, 3.8) is 0 Å². The second-order valence-corrected chi connectivity index (χ2v) is 14.8. The van der Waals surface area contributed by atoms with Gasteiger partial charge in [0.2, 0.25) is 0 Å². The number of carbonyl (C=O) groups excluding carboxylic acids is 4. The zero-order chi connectivity index (χ0) is 35.7. The van der Waals surface area contributed by atoms with Crippen LogP contribution in [0.5, 0.6) is 0 Å². The van der Waals surface area contributed by atoms with Crippen molar-refractivity contribution in [2.24, 2.45) is 17.8 Å². The van der Waals surface area contributed by atoms with Crippen molar-refractivity contribution in [1.29, 1.82) is 0 Å². The van der Waals surface area contributed by atoms with Gasteiger partial charge >= 0.3 is 18.0 Å². The van der Waals surface area contributed by atoms with Crippen molar-refractivity contribution in [1.82, 2.24) is 10.2 Å². The lowest BCUT2D eigenvalue weighted by Crippen LogP contribution is -2.59. The predicted molar refractivity (Wildman–Crippen MR) is 174 cm³/mol. The summed E-state index contributed by atoms with van der Waals surface area (Å²) in [5, 5.41) is 2.82. The van der Waals surface area contributed by atoms with Gasteiger partial charge in [-0.2, -0.15) is 0 Å². The molecular formula is C35H56N2O11. The largest absolute Gasteiger partial charge is 0.458 e. The quantitative estimate of drug-likeness (QED) is 0.257. The van der Waals surface area contributed by atoms with Gasteiger partial charge in [0.15, 0.2) is 18.0 Å². The molecule has 0 spiro atoms. The van der Waals surface area contributed by atoms with E-state index in [0.29, 0.717) is 18.4 Å². The van der Waals surface area contributed by atoms with Crippen LogP contribution in [0.15, 0.2) is 12.2 Å². The molecule has 272 valence electrons. The van der Waals surface area contributed by atoms with Gasteiger partial charge in [0.25, 0.3) is 0 Å². The maximum atomic E-state index is 14.2. The number of cyclic esters (lactones) is 1. The highest BCUT2D eigenvalue weighted by molar-refractivity contribution is 5.85. The van der Waals surface area contributed by atoms with Gasteiger partial charge in [0, 0.05) is 25.2 Å². The summed E-state index contributed by atoms with van der Waals surface area (Å²) in [6, 6.07) is -0.947. The van der Waals surface area contributed by atoms with E-state index < -0.39 is 83.7 Å². The van der Waals surface area contributed by atoms with Crippen LogP contribution in [0, 0.1) is 17.8 Å². The predicted octanol–water partition coefficient (Wildman–Crippen LogP) is 3.56. The van der Waals surface area contributed by atoms with E-state index in [2.05, 4.69) is 11.9 Å². The van der Waals surface area contributed by atoms with E-state index in [0.717, 1.165) is 0 Å². The van der Waals surface area contributed by atoms with E-state index in [1.54, 1.807) is 20.8 Å². The van der Waals surface area contributed by atoms with Crippen LogP contribution in [-0.4, -0.2) is 116 Å². The Bertz CT molecular complexity index is 1230. The molecule has 1 amide bonds. The number of nitrogens with zero attached hydrogens (tertiary/aromatic N) is 1. The molecule has 0 aromatic heterocycles. The summed E-state index contributed by atoms with van der Waals surface area (Å²) in [5.41, 5.74) is -1.75. The second-order valence-electron chi connectivity index (χ2n) is 14.8. The number of hydrogen-bond acceptors (Lipinski definition) is 12. The van der Waals surface area contributed by atoms with Gasteiger partial charge in [0.1, 0.15) is 11.9 Å². The Morgan fingerprint density at radius 2 is 1.75 bits per heavy atom. The third kappa shape index (κ3) is 8.07. The van der Waals surface area contributed by atoms with E-state index in [4.69, 9.17) is 33.2 Å². The molecule has 4 aliphatic heterocycles. The van der Waals surface area contributed by atoms with Gasteiger partial charge in [0.05, 0.1) is 55.1 Å². The van der Waals surface area contributed by atoms with Crippen LogP contribution in [-0.2, 0) is 47.5 Å². The van der Waals surface area contributed by atoms with Gasteiger partial charge in [-0.15, -0.1) is 0 Å². The molecule has 4 saturated heterocycles. The third-order valence-electron chi connectivity index (χ3n) is 10.6. The van der Waals surface area contributed by atoms with Crippen molar-refractivity contribution in [2.75, 3.05) is 27.3 Å². The Balaban J connectivity index is 1.81. The van der Waals surface area contributed by atoms with Crippen LogP contribution < -0.4 is 5.32 Å². The van der Waals surface area contributed by atoms with E-state index in [1.165, 1.54) is 6.92 Å². The van der Waals surface area contributed by atoms with Crippen molar-refractivity contribution >= 4 is 23.8 Å². The van der Waals surface area contributed by atoms with E-state index in [9.17, 15) is 19.2 Å². The summed E-state index contributed by atoms with van der Waals surface area (Å²) in [5.74, 6) is -3.16. The van der Waals surface area contributed by atoms with Crippen LogP contribution in [0.2, 0.25) is 0 Å². The molecular weight excluding hydrogens is 624 g/mol. The summed E-state index contributed by atoms with van der Waals surface area (Å²) >= 11 is 0. The zero-order valence-corrected chi connectivity index (χ0v) is 30.2. The molecule has 0 saturated carbocycles. The number of esters is 2. The molecule has 0 aromatic carbocycles. The number of carbonyl (C=O) groups is 4. The van der Waals surface area contributed by atoms with Crippen molar-refractivity contribution in [3.05, 3.63) is 12.2 Å². The second kappa shape index (κ2) is 15.1. The molecule has 2 bridgehead atoms. The minimum atomic E-state index is -1.28. The number of likely N-dealkylation sites (N-methyl/N-ethyl adjacent to an activating group) is 1. The number of hydrogen-bond donors (Lipinski definition) is 1. The van der Waals surface area contributed by atoms with Gasteiger partial charge < -0.3 is 43.4 Å². The molecule has 13 nitrogen and oxygen atoms in total. The Kier molecular flexibility index (Phi) is 12.0. The Morgan fingerprint density at radius 3 is 2.38 bits per heavy atom. The summed E-state index contributed by atoms with van der Waals surface area (Å²) in [6.45, 7) is 18.4. The lowest BCUT2D eigenvalue weighted by Gasteiger charge is -2.47. The standard InChI is InChI=1S/C35H56N2O11/c1-12-26-35(9)30(36-33(41)48-35)22(6)28(39)19(3)15-34(8)27(14-25(21(5)31(40)46-26)42-16-18(2)17-43-34)47-32-29(45-23(7)38)24(37(10)11)13-20(4)44-32/h19-22,24-27,29-30,32H,2,12-17H2,1,3-11H3,(H,36,41)/t19-,20-,21-,22+,24+,25-,26-,27-,29-,30?,32?,34+,35?/m1/s1. The Hall–Kier alpha value is -2.58. The van der Waals surface area contributed by atoms with Gasteiger partial charge in [-0.1, -0.05) is 27.4 Å². The van der Waals surface area contributed by atoms with E-state index >= 15 is 0 Å². The Morgan fingerprint density at radius 1 is 1.06 bits per heavy atom. The summed E-state index contributed by atoms with van der Waals surface area (Å²) in [7, 11) is 3.83. The van der Waals surface area contributed by atoms with Crippen molar-refractivity contribution in [2.45, 2.75) is 141 Å². The topological polar surface area (TPSA) is 148 Å². The summed E-state index contributed by atoms with van der Waals surface area (Å²) in [6.07, 6.45) is -3.64. The van der Waals surface area contributed by atoms with Crippen LogP contribution in [0.4, 0.5) is 4.79 Å². The van der Waals surface area contributed by atoms with E-state index in [1.807, 2.05) is 46.7 Å². The lowest BCUT2D eigenvalue weighted by molar-refractivity contribution is -0.296. The molecule has 1 N–H and O–H groups in total. The van der Waals surface area contributed by atoms with Gasteiger partial charge in [-0.3, -0.25) is 14.4 Å². The maximum Gasteiger partial charge on any atom is 0.408 e. The summed E-state index contributed by atoms with van der Waals surface area (Å²) < 4.78 is 43.8. The number of rotatable bonds is 5. The minimum Gasteiger partial charge on any atom is -0.458 e. The first-order valence-electron chi connectivity index (χ1n) is 17.2. The first-order chi connectivity index (χ1) is 22.4. The van der Waals surface area contributed by atoms with Crippen molar-refractivity contribution < 1.29 is 52.3 Å². The highest BCUT2D eigenvalue weighted by atomic mass is 16.7. The highest BCUT2D eigenvalue weighted by Crippen LogP contribution is 2.41. The molecule has 48 heavy (non-hydrogen) atoms. The third-order valence-corrected chi connectivity index (χ3v) is 10.6. The molecule has 0 aromatic rings. The van der Waals surface area contributed by atoms with Crippen LogP contribution in [0.1, 0.15) is 81.1 Å². The smallest absolute Gasteiger partial charge is 0.408 e. The Labute approximate surface area is 284 Å².